The summed E-state index contributed by atoms with van der Waals surface area (Å²) in [5.41, 5.74) is 5.30. The lowest BCUT2D eigenvalue weighted by Crippen LogP contribution is -2.51. The molecule has 3 nitrogen and oxygen atoms in total. The van der Waals surface area contributed by atoms with Gasteiger partial charge in [-0.05, 0) is 97.7 Å². The third-order valence-corrected chi connectivity index (χ3v) is 9.97. The number of rotatable bonds is 4. The van der Waals surface area contributed by atoms with Gasteiger partial charge in [-0.15, -0.1) is 0 Å². The van der Waals surface area contributed by atoms with Crippen LogP contribution in [0.3, 0.4) is 0 Å². The monoisotopic (exact) mass is 400 g/mol. The maximum absolute atomic E-state index is 13.2. The summed E-state index contributed by atoms with van der Waals surface area (Å²) in [6.45, 7) is 4.97. The first-order valence-corrected chi connectivity index (χ1v) is 12.0. The second-order valence-corrected chi connectivity index (χ2v) is 11.3. The highest BCUT2D eigenvalue weighted by Crippen LogP contribution is 2.74. The van der Waals surface area contributed by atoms with E-state index in [9.17, 15) is 9.18 Å². The molecular formula is C25H37FN2O. The highest BCUT2D eigenvalue weighted by Gasteiger charge is 2.70. The molecule has 0 heterocycles. The van der Waals surface area contributed by atoms with Crippen LogP contribution in [0.2, 0.25) is 0 Å². The molecule has 5 rings (SSSR count). The Bertz CT molecular complexity index is 732. The van der Waals surface area contributed by atoms with E-state index in [2.05, 4.69) is 18.8 Å². The van der Waals surface area contributed by atoms with E-state index in [1.807, 2.05) is 0 Å². The number of fused-ring (bicyclic) bond motifs is 7. The Kier molecular flexibility index (Phi) is 4.90. The Labute approximate surface area is 174 Å². The number of Topliss-reactive ketones (excluding diaryl/α,β-unsaturated/α-hetero) is 1. The van der Waals surface area contributed by atoms with Crippen LogP contribution in [-0.2, 0) is 4.79 Å². The number of hydrogen-bond donors (Lipinski definition) is 1. The molecule has 0 bridgehead atoms. The van der Waals surface area contributed by atoms with Crippen LogP contribution >= 0.6 is 0 Å². The summed E-state index contributed by atoms with van der Waals surface area (Å²) in [4.78, 5) is 17.2. The Morgan fingerprint density at radius 2 is 1.86 bits per heavy atom. The molecule has 0 aromatic carbocycles. The van der Waals surface area contributed by atoms with Crippen molar-refractivity contribution >= 4 is 12.0 Å². The normalized spacial score (nSPS) is 51.1. The molecule has 0 aromatic rings. The maximum atomic E-state index is 13.2. The lowest BCUT2D eigenvalue weighted by atomic mass is 9.48. The van der Waals surface area contributed by atoms with Gasteiger partial charge in [0, 0.05) is 12.1 Å². The first-order chi connectivity index (χ1) is 13.9. The van der Waals surface area contributed by atoms with E-state index in [4.69, 9.17) is 5.73 Å². The minimum absolute atomic E-state index is 0.105. The fourth-order valence-electron chi connectivity index (χ4n) is 9.02. The molecule has 160 valence electrons. The molecule has 5 aliphatic rings. The largest absolute Gasteiger partial charge is 0.402 e. The predicted molar refractivity (Wildman–Crippen MR) is 114 cm³/mol. The summed E-state index contributed by atoms with van der Waals surface area (Å²) < 4.78 is 13.2. The molecule has 2 N–H and O–H groups in total. The molecular weight excluding hydrogens is 363 g/mol. The topological polar surface area (TPSA) is 55.5 Å². The summed E-state index contributed by atoms with van der Waals surface area (Å²) >= 11 is 0. The first-order valence-electron chi connectivity index (χ1n) is 12.0. The number of carbonyl (C=O) groups is 1. The Hall–Kier alpha value is -1.19. The SMILES string of the molecule is CC1CCC2C(CCC3C2CCC2(C)C(C(=O)CN=CC(F)=CN)C4CC4C32)C1. The molecule has 0 saturated heterocycles. The quantitative estimate of drug-likeness (QED) is 0.663. The fraction of sp³-hybridized carbons (Fsp3) is 0.840. The van der Waals surface area contributed by atoms with Crippen molar-refractivity contribution in [1.82, 2.24) is 0 Å². The molecule has 0 aromatic heterocycles. The highest BCUT2D eigenvalue weighted by molar-refractivity contribution is 5.87. The van der Waals surface area contributed by atoms with Gasteiger partial charge in [0.15, 0.2) is 11.6 Å². The minimum Gasteiger partial charge on any atom is -0.402 e. The summed E-state index contributed by atoms with van der Waals surface area (Å²) in [5.74, 6) is 6.50. The third-order valence-electron chi connectivity index (χ3n) is 9.97. The van der Waals surface area contributed by atoms with Gasteiger partial charge in [0.1, 0.15) is 0 Å². The van der Waals surface area contributed by atoms with E-state index in [0.29, 0.717) is 5.92 Å². The number of carbonyl (C=O) groups excluding carboxylic acids is 1. The first kappa shape index (κ1) is 19.8. The van der Waals surface area contributed by atoms with Crippen LogP contribution in [0.1, 0.15) is 65.2 Å². The number of hydrogen-bond acceptors (Lipinski definition) is 3. The van der Waals surface area contributed by atoms with Crippen molar-refractivity contribution < 1.29 is 9.18 Å². The number of allylic oxidation sites excluding steroid dienone is 1. The molecule has 5 fully saturated rings. The van der Waals surface area contributed by atoms with Crippen LogP contribution in [-0.4, -0.2) is 18.5 Å². The fourth-order valence-corrected chi connectivity index (χ4v) is 9.02. The molecule has 0 aliphatic heterocycles. The summed E-state index contributed by atoms with van der Waals surface area (Å²) in [6, 6.07) is 0. The van der Waals surface area contributed by atoms with E-state index in [0.717, 1.165) is 53.8 Å². The van der Waals surface area contributed by atoms with E-state index < -0.39 is 5.83 Å². The van der Waals surface area contributed by atoms with Crippen molar-refractivity contribution in [2.75, 3.05) is 6.54 Å². The molecule has 0 amide bonds. The van der Waals surface area contributed by atoms with Gasteiger partial charge in [0.2, 0.25) is 0 Å². The van der Waals surface area contributed by atoms with Gasteiger partial charge < -0.3 is 5.73 Å². The van der Waals surface area contributed by atoms with Gasteiger partial charge in [0.05, 0.1) is 12.8 Å². The van der Waals surface area contributed by atoms with Gasteiger partial charge in [-0.3, -0.25) is 9.79 Å². The van der Waals surface area contributed by atoms with E-state index >= 15 is 0 Å². The van der Waals surface area contributed by atoms with E-state index in [1.165, 1.54) is 51.4 Å². The molecule has 29 heavy (non-hydrogen) atoms. The Morgan fingerprint density at radius 3 is 2.66 bits per heavy atom. The molecule has 4 heteroatoms. The van der Waals surface area contributed by atoms with Gasteiger partial charge in [0.25, 0.3) is 0 Å². The lowest BCUT2D eigenvalue weighted by Gasteiger charge is -2.57. The number of halogens is 1. The van der Waals surface area contributed by atoms with Crippen molar-refractivity contribution in [3.8, 4) is 0 Å². The van der Waals surface area contributed by atoms with Crippen molar-refractivity contribution in [2.45, 2.75) is 65.2 Å². The van der Waals surface area contributed by atoms with Crippen LogP contribution in [0.25, 0.3) is 0 Å². The molecule has 0 radical (unpaired) electrons. The number of nitrogens with zero attached hydrogens (tertiary/aromatic N) is 1. The average molecular weight is 401 g/mol. The number of ketones is 1. The standard InChI is InChI=1S/C25H37FN2O/c1-14-3-5-17-15(9-14)4-6-19-18(17)7-8-25(2)23(19)20-10-21(20)24(25)22(29)13-28-12-16(26)11-27/h11-12,14-15,17-21,23-24H,3-10,13,27H2,1-2H3. The van der Waals surface area contributed by atoms with Crippen molar-refractivity contribution in [3.05, 3.63) is 12.0 Å². The molecule has 5 saturated carbocycles. The average Bonchev–Trinajstić information content (AvgIpc) is 3.41. The predicted octanol–water partition coefficient (Wildman–Crippen LogP) is 5.16. The molecule has 10 unspecified atom stereocenters. The second-order valence-electron chi connectivity index (χ2n) is 11.3. The number of aliphatic imine (C=N–C) groups is 1. The summed E-state index contributed by atoms with van der Waals surface area (Å²) in [7, 11) is 0. The van der Waals surface area contributed by atoms with Crippen LogP contribution < -0.4 is 5.73 Å². The van der Waals surface area contributed by atoms with Crippen LogP contribution in [0, 0.1) is 58.7 Å². The van der Waals surface area contributed by atoms with Crippen molar-refractivity contribution in [3.63, 3.8) is 0 Å². The van der Waals surface area contributed by atoms with Crippen LogP contribution in [0.5, 0.6) is 0 Å². The zero-order chi connectivity index (χ0) is 20.3. The zero-order valence-corrected chi connectivity index (χ0v) is 18.0. The minimum atomic E-state index is -0.573. The smallest absolute Gasteiger partial charge is 0.158 e. The molecule has 0 spiro atoms. The van der Waals surface area contributed by atoms with Crippen LogP contribution in [0.4, 0.5) is 4.39 Å². The summed E-state index contributed by atoms with van der Waals surface area (Å²) in [6.07, 6.45) is 12.9. The number of nitrogens with two attached hydrogens (primary N) is 1. The van der Waals surface area contributed by atoms with Gasteiger partial charge in [-0.1, -0.05) is 20.3 Å². The van der Waals surface area contributed by atoms with Gasteiger partial charge >= 0.3 is 0 Å². The molecule has 10 atom stereocenters. The van der Waals surface area contributed by atoms with Crippen molar-refractivity contribution in [1.29, 1.82) is 0 Å². The summed E-state index contributed by atoms with van der Waals surface area (Å²) in [5, 5.41) is 0. The zero-order valence-electron chi connectivity index (χ0n) is 18.0. The molecule has 5 aliphatic carbocycles. The lowest BCUT2D eigenvalue weighted by molar-refractivity contribution is -0.132. The van der Waals surface area contributed by atoms with E-state index in [-0.39, 0.29) is 23.7 Å². The third kappa shape index (κ3) is 3.11. The maximum Gasteiger partial charge on any atom is 0.158 e. The van der Waals surface area contributed by atoms with Crippen LogP contribution in [0.15, 0.2) is 17.0 Å². The highest BCUT2D eigenvalue weighted by atomic mass is 19.1. The Morgan fingerprint density at radius 1 is 1.07 bits per heavy atom. The van der Waals surface area contributed by atoms with E-state index in [1.54, 1.807) is 0 Å². The van der Waals surface area contributed by atoms with Gasteiger partial charge in [-0.2, -0.15) is 0 Å². The Balaban J connectivity index is 1.33. The second kappa shape index (κ2) is 7.20. The van der Waals surface area contributed by atoms with Gasteiger partial charge in [-0.25, -0.2) is 4.39 Å². The van der Waals surface area contributed by atoms with Crippen molar-refractivity contribution in [2.24, 2.45) is 69.4 Å².